The minimum absolute atomic E-state index is 0.0600. The molecule has 4 nitrogen and oxygen atoms in total. The van der Waals surface area contributed by atoms with Crippen LogP contribution in [0.2, 0.25) is 0 Å². The van der Waals surface area contributed by atoms with Crippen LogP contribution in [-0.4, -0.2) is 16.1 Å². The Kier molecular flexibility index (Phi) is 3.51. The minimum atomic E-state index is -1.05. The molecular formula is C15H15NO3. The molecule has 0 saturated carbocycles. The van der Waals surface area contributed by atoms with Gasteiger partial charge < -0.3 is 9.84 Å². The fourth-order valence-electron chi connectivity index (χ4n) is 1.88. The predicted octanol–water partition coefficient (Wildman–Crippen LogP) is 3.50. The number of pyridine rings is 1. The second-order valence-electron chi connectivity index (χ2n) is 4.54. The number of carbonyl (C=O) groups is 1. The molecule has 0 bridgehead atoms. The van der Waals surface area contributed by atoms with E-state index in [4.69, 9.17) is 9.84 Å². The molecular weight excluding hydrogens is 242 g/mol. The fourth-order valence-corrected chi connectivity index (χ4v) is 1.88. The van der Waals surface area contributed by atoms with Gasteiger partial charge in [0.25, 0.3) is 0 Å². The molecule has 0 radical (unpaired) electrons. The summed E-state index contributed by atoms with van der Waals surface area (Å²) < 4.78 is 5.62. The summed E-state index contributed by atoms with van der Waals surface area (Å²) in [6, 6.07) is 8.88. The molecule has 0 aliphatic heterocycles. The van der Waals surface area contributed by atoms with Crippen molar-refractivity contribution in [1.29, 1.82) is 0 Å². The average Bonchev–Trinajstić information content (AvgIpc) is 2.26. The van der Waals surface area contributed by atoms with Crippen molar-refractivity contribution in [2.24, 2.45) is 0 Å². The number of nitrogens with zero attached hydrogens (tertiary/aromatic N) is 1. The number of carboxylic acids is 1. The first-order chi connectivity index (χ1) is 8.95. The van der Waals surface area contributed by atoms with E-state index in [0.29, 0.717) is 11.4 Å². The Morgan fingerprint density at radius 1 is 1.11 bits per heavy atom. The second-order valence-corrected chi connectivity index (χ2v) is 4.54. The van der Waals surface area contributed by atoms with Crippen LogP contribution in [0.1, 0.15) is 27.2 Å². The van der Waals surface area contributed by atoms with E-state index in [0.717, 1.165) is 11.1 Å². The third kappa shape index (κ3) is 3.10. The lowest BCUT2D eigenvalue weighted by Crippen LogP contribution is -2.03. The van der Waals surface area contributed by atoms with Gasteiger partial charge in [0.1, 0.15) is 11.3 Å². The Labute approximate surface area is 111 Å². The van der Waals surface area contributed by atoms with E-state index in [-0.39, 0.29) is 11.4 Å². The van der Waals surface area contributed by atoms with Crippen molar-refractivity contribution < 1.29 is 14.6 Å². The summed E-state index contributed by atoms with van der Waals surface area (Å²) in [4.78, 5) is 15.3. The van der Waals surface area contributed by atoms with Crippen LogP contribution in [0.25, 0.3) is 0 Å². The molecule has 0 amide bonds. The molecule has 98 valence electrons. The van der Waals surface area contributed by atoms with Crippen LogP contribution in [-0.2, 0) is 0 Å². The maximum absolute atomic E-state index is 11.1. The molecule has 0 saturated heterocycles. The summed E-state index contributed by atoms with van der Waals surface area (Å²) in [5, 5.41) is 9.12. The Hall–Kier alpha value is -2.36. The second kappa shape index (κ2) is 5.10. The molecule has 2 aromatic rings. The summed E-state index contributed by atoms with van der Waals surface area (Å²) in [7, 11) is 0. The van der Waals surface area contributed by atoms with Crippen LogP contribution in [0.5, 0.6) is 11.6 Å². The zero-order chi connectivity index (χ0) is 14.0. The molecule has 0 spiro atoms. The number of ether oxygens (including phenoxy) is 1. The van der Waals surface area contributed by atoms with Gasteiger partial charge in [0.05, 0.1) is 0 Å². The van der Waals surface area contributed by atoms with E-state index in [1.165, 1.54) is 6.07 Å². The highest BCUT2D eigenvalue weighted by atomic mass is 16.5. The first kappa shape index (κ1) is 13.1. The van der Waals surface area contributed by atoms with E-state index in [2.05, 4.69) is 4.98 Å². The van der Waals surface area contributed by atoms with Crippen LogP contribution < -0.4 is 4.74 Å². The number of hydrogen-bond acceptors (Lipinski definition) is 3. The molecule has 1 aromatic carbocycles. The Bertz CT molecular complexity index is 615. The Balaban J connectivity index is 2.42. The standard InChI is InChI=1S/C15H15NO3/c1-9-6-10(2)8-12(7-9)19-14-13(15(17)18)5-4-11(3)16-14/h4-8H,1-3H3,(H,17,18). The van der Waals surface area contributed by atoms with Crippen molar-refractivity contribution in [3.05, 3.63) is 52.7 Å². The van der Waals surface area contributed by atoms with Gasteiger partial charge in [0.15, 0.2) is 0 Å². The van der Waals surface area contributed by atoms with Crippen LogP contribution in [0.15, 0.2) is 30.3 Å². The van der Waals surface area contributed by atoms with Gasteiger partial charge in [-0.25, -0.2) is 9.78 Å². The van der Waals surface area contributed by atoms with E-state index < -0.39 is 5.97 Å². The zero-order valence-electron chi connectivity index (χ0n) is 11.1. The van der Waals surface area contributed by atoms with Crippen LogP contribution in [0.3, 0.4) is 0 Å². The fraction of sp³-hybridized carbons (Fsp3) is 0.200. The van der Waals surface area contributed by atoms with Gasteiger partial charge in [-0.3, -0.25) is 0 Å². The molecule has 0 atom stereocenters. The third-order valence-corrected chi connectivity index (χ3v) is 2.64. The van der Waals surface area contributed by atoms with Gasteiger partial charge in [0, 0.05) is 5.69 Å². The number of benzene rings is 1. The van der Waals surface area contributed by atoms with Crippen LogP contribution in [0, 0.1) is 20.8 Å². The zero-order valence-corrected chi connectivity index (χ0v) is 11.1. The lowest BCUT2D eigenvalue weighted by atomic mass is 10.1. The van der Waals surface area contributed by atoms with Gasteiger partial charge in [-0.15, -0.1) is 0 Å². The quantitative estimate of drug-likeness (QED) is 0.914. The highest BCUT2D eigenvalue weighted by molar-refractivity contribution is 5.90. The Morgan fingerprint density at radius 3 is 2.32 bits per heavy atom. The van der Waals surface area contributed by atoms with Crippen molar-refractivity contribution in [3.63, 3.8) is 0 Å². The molecule has 4 heteroatoms. The van der Waals surface area contributed by atoms with Crippen LogP contribution >= 0.6 is 0 Å². The number of hydrogen-bond donors (Lipinski definition) is 1. The highest BCUT2D eigenvalue weighted by Crippen LogP contribution is 2.25. The molecule has 0 aliphatic carbocycles. The first-order valence-electron chi connectivity index (χ1n) is 5.93. The molecule has 0 fully saturated rings. The largest absolute Gasteiger partial charge is 0.477 e. The summed E-state index contributed by atoms with van der Waals surface area (Å²) in [5.41, 5.74) is 2.88. The lowest BCUT2D eigenvalue weighted by molar-refractivity contribution is 0.0693. The van der Waals surface area contributed by atoms with Crippen molar-refractivity contribution in [2.75, 3.05) is 0 Å². The molecule has 2 rings (SSSR count). The summed E-state index contributed by atoms with van der Waals surface area (Å²) in [6.45, 7) is 5.71. The van der Waals surface area contributed by atoms with Crippen molar-refractivity contribution in [3.8, 4) is 11.6 Å². The summed E-state index contributed by atoms with van der Waals surface area (Å²) >= 11 is 0. The average molecular weight is 257 g/mol. The SMILES string of the molecule is Cc1cc(C)cc(Oc2nc(C)ccc2C(=O)O)c1. The molecule has 1 aromatic heterocycles. The normalized spacial score (nSPS) is 10.3. The van der Waals surface area contributed by atoms with Crippen LogP contribution in [0.4, 0.5) is 0 Å². The van der Waals surface area contributed by atoms with E-state index in [9.17, 15) is 4.79 Å². The van der Waals surface area contributed by atoms with Gasteiger partial charge in [-0.2, -0.15) is 0 Å². The topological polar surface area (TPSA) is 59.4 Å². The number of carboxylic acid groups (broad SMARTS) is 1. The number of aryl methyl sites for hydroxylation is 3. The van der Waals surface area contributed by atoms with E-state index in [1.807, 2.05) is 32.0 Å². The number of aromatic nitrogens is 1. The highest BCUT2D eigenvalue weighted by Gasteiger charge is 2.14. The molecule has 19 heavy (non-hydrogen) atoms. The van der Waals surface area contributed by atoms with E-state index >= 15 is 0 Å². The van der Waals surface area contributed by atoms with Gasteiger partial charge in [0.2, 0.25) is 5.88 Å². The number of aromatic carboxylic acids is 1. The van der Waals surface area contributed by atoms with Crippen molar-refractivity contribution >= 4 is 5.97 Å². The smallest absolute Gasteiger partial charge is 0.341 e. The summed E-state index contributed by atoms with van der Waals surface area (Å²) in [6.07, 6.45) is 0. The van der Waals surface area contributed by atoms with Gasteiger partial charge >= 0.3 is 5.97 Å². The maximum Gasteiger partial charge on any atom is 0.341 e. The van der Waals surface area contributed by atoms with Crippen molar-refractivity contribution in [1.82, 2.24) is 4.98 Å². The van der Waals surface area contributed by atoms with Gasteiger partial charge in [-0.05, 0) is 56.2 Å². The molecule has 1 heterocycles. The Morgan fingerprint density at radius 2 is 1.74 bits per heavy atom. The van der Waals surface area contributed by atoms with Crippen molar-refractivity contribution in [2.45, 2.75) is 20.8 Å². The molecule has 0 unspecified atom stereocenters. The minimum Gasteiger partial charge on any atom is -0.477 e. The lowest BCUT2D eigenvalue weighted by Gasteiger charge is -2.09. The van der Waals surface area contributed by atoms with Gasteiger partial charge in [-0.1, -0.05) is 6.07 Å². The predicted molar refractivity (Wildman–Crippen MR) is 71.9 cm³/mol. The maximum atomic E-state index is 11.1. The molecule has 0 aliphatic rings. The van der Waals surface area contributed by atoms with E-state index in [1.54, 1.807) is 13.0 Å². The number of rotatable bonds is 3. The summed E-state index contributed by atoms with van der Waals surface area (Å²) in [5.74, 6) is -0.331. The first-order valence-corrected chi connectivity index (χ1v) is 5.93. The molecule has 1 N–H and O–H groups in total. The monoisotopic (exact) mass is 257 g/mol. The third-order valence-electron chi connectivity index (χ3n) is 2.64.